The molecule has 0 aromatic heterocycles. The molecular weight excluding hydrogens is 316 g/mol. The van der Waals surface area contributed by atoms with Crippen LogP contribution in [0.3, 0.4) is 0 Å². The van der Waals surface area contributed by atoms with Crippen LogP contribution in [0.5, 0.6) is 0 Å². The van der Waals surface area contributed by atoms with Gasteiger partial charge in [-0.05, 0) is 13.8 Å². The molecule has 1 N–H and O–H groups in total. The molecule has 1 atom stereocenters. The largest absolute Gasteiger partial charge is 0.379 e. The standard InChI is InChI=1S/C16H30N2O6/c1-13(14(2)19)18(4)16(21)5-7-22-9-11-24-12-10-23-8-6-17-15(3)20/h13H,5-12H2,1-4H3,(H,17,20)/t13-/m1/s1. The summed E-state index contributed by atoms with van der Waals surface area (Å²) in [7, 11) is 1.61. The van der Waals surface area contributed by atoms with Crippen molar-refractivity contribution in [3.8, 4) is 0 Å². The summed E-state index contributed by atoms with van der Waals surface area (Å²) in [5, 5.41) is 2.63. The molecule has 0 spiro atoms. The van der Waals surface area contributed by atoms with Crippen LogP contribution in [-0.4, -0.2) is 81.8 Å². The highest BCUT2D eigenvalue weighted by Crippen LogP contribution is 2.00. The van der Waals surface area contributed by atoms with Crippen molar-refractivity contribution in [3.05, 3.63) is 0 Å². The number of likely N-dealkylation sites (N-methyl/N-ethyl adjacent to an activating group) is 1. The lowest BCUT2D eigenvalue weighted by atomic mass is 10.2. The summed E-state index contributed by atoms with van der Waals surface area (Å²) in [5.74, 6) is -0.238. The lowest BCUT2D eigenvalue weighted by Crippen LogP contribution is -2.39. The molecule has 0 aromatic carbocycles. The molecule has 0 aliphatic rings. The summed E-state index contributed by atoms with van der Waals surface area (Å²) in [6.45, 7) is 7.57. The Bertz CT molecular complexity index is 389. The molecule has 0 saturated carbocycles. The van der Waals surface area contributed by atoms with Crippen LogP contribution in [0.1, 0.15) is 27.2 Å². The Balaban J connectivity index is 3.40. The van der Waals surface area contributed by atoms with Gasteiger partial charge < -0.3 is 24.4 Å². The highest BCUT2D eigenvalue weighted by molar-refractivity contribution is 5.87. The number of ether oxygens (including phenoxy) is 3. The number of Topliss-reactive ketones (excluding diaryl/α,β-unsaturated/α-hetero) is 1. The van der Waals surface area contributed by atoms with Crippen LogP contribution < -0.4 is 5.32 Å². The molecule has 0 fully saturated rings. The molecule has 2 amide bonds. The monoisotopic (exact) mass is 346 g/mol. The molecule has 0 aromatic rings. The van der Waals surface area contributed by atoms with Gasteiger partial charge in [0.15, 0.2) is 5.78 Å². The number of ketones is 1. The summed E-state index contributed by atoms with van der Waals surface area (Å²) in [6.07, 6.45) is 0.236. The van der Waals surface area contributed by atoms with E-state index < -0.39 is 6.04 Å². The molecule has 8 nitrogen and oxygen atoms in total. The van der Waals surface area contributed by atoms with E-state index in [1.165, 1.54) is 18.7 Å². The minimum absolute atomic E-state index is 0.0422. The first kappa shape index (κ1) is 22.5. The lowest BCUT2D eigenvalue weighted by Gasteiger charge is -2.22. The van der Waals surface area contributed by atoms with Crippen molar-refractivity contribution in [3.63, 3.8) is 0 Å². The van der Waals surface area contributed by atoms with Gasteiger partial charge in [0.25, 0.3) is 0 Å². The first-order valence-electron chi connectivity index (χ1n) is 8.10. The van der Waals surface area contributed by atoms with Crippen LogP contribution in [0, 0.1) is 0 Å². The first-order valence-corrected chi connectivity index (χ1v) is 8.10. The van der Waals surface area contributed by atoms with Crippen molar-refractivity contribution in [1.82, 2.24) is 10.2 Å². The third-order valence-electron chi connectivity index (χ3n) is 3.39. The minimum atomic E-state index is -0.411. The SMILES string of the molecule is CC(=O)NCCOCCOCCOCCC(=O)N(C)[C@H](C)C(C)=O. The quantitative estimate of drug-likeness (QED) is 0.445. The van der Waals surface area contributed by atoms with E-state index in [0.29, 0.717) is 46.2 Å². The molecule has 140 valence electrons. The van der Waals surface area contributed by atoms with Crippen molar-refractivity contribution < 1.29 is 28.6 Å². The smallest absolute Gasteiger partial charge is 0.225 e. The van der Waals surface area contributed by atoms with Gasteiger partial charge in [0.1, 0.15) is 0 Å². The number of hydrogen-bond donors (Lipinski definition) is 1. The Labute approximate surface area is 143 Å². The van der Waals surface area contributed by atoms with E-state index in [1.54, 1.807) is 14.0 Å². The Morgan fingerprint density at radius 1 is 0.917 bits per heavy atom. The first-order chi connectivity index (χ1) is 11.4. The normalized spacial score (nSPS) is 11.8. The zero-order valence-corrected chi connectivity index (χ0v) is 15.1. The van der Waals surface area contributed by atoms with E-state index >= 15 is 0 Å². The van der Waals surface area contributed by atoms with E-state index in [4.69, 9.17) is 14.2 Å². The molecule has 0 unspecified atom stereocenters. The van der Waals surface area contributed by atoms with E-state index in [-0.39, 0.29) is 24.0 Å². The van der Waals surface area contributed by atoms with Crippen LogP contribution in [0.4, 0.5) is 0 Å². The van der Waals surface area contributed by atoms with Crippen LogP contribution in [0.15, 0.2) is 0 Å². The molecule has 24 heavy (non-hydrogen) atoms. The van der Waals surface area contributed by atoms with Gasteiger partial charge in [0, 0.05) is 20.5 Å². The fourth-order valence-electron chi connectivity index (χ4n) is 1.67. The molecule has 0 aliphatic heterocycles. The molecule has 0 rings (SSSR count). The molecule has 0 aliphatic carbocycles. The molecule has 0 bridgehead atoms. The maximum Gasteiger partial charge on any atom is 0.225 e. The van der Waals surface area contributed by atoms with Crippen LogP contribution in [0.25, 0.3) is 0 Å². The molecular formula is C16H30N2O6. The van der Waals surface area contributed by atoms with Crippen molar-refractivity contribution in [2.45, 2.75) is 33.2 Å². The fourth-order valence-corrected chi connectivity index (χ4v) is 1.67. The lowest BCUT2D eigenvalue weighted by molar-refractivity contribution is -0.137. The van der Waals surface area contributed by atoms with E-state index in [9.17, 15) is 14.4 Å². The van der Waals surface area contributed by atoms with Gasteiger partial charge in [0.05, 0.1) is 52.1 Å². The van der Waals surface area contributed by atoms with E-state index in [1.807, 2.05) is 0 Å². The number of carbonyl (C=O) groups is 3. The van der Waals surface area contributed by atoms with Gasteiger partial charge in [-0.3, -0.25) is 14.4 Å². The minimum Gasteiger partial charge on any atom is -0.379 e. The zero-order chi connectivity index (χ0) is 18.4. The average Bonchev–Trinajstić information content (AvgIpc) is 2.53. The Hall–Kier alpha value is -1.51. The average molecular weight is 346 g/mol. The summed E-state index contributed by atoms with van der Waals surface area (Å²) in [6, 6.07) is -0.411. The van der Waals surface area contributed by atoms with Gasteiger partial charge in [-0.1, -0.05) is 0 Å². The summed E-state index contributed by atoms with van der Waals surface area (Å²) < 4.78 is 15.9. The third kappa shape index (κ3) is 12.0. The number of rotatable bonds is 14. The topological polar surface area (TPSA) is 94.2 Å². The molecule has 0 heterocycles. The van der Waals surface area contributed by atoms with Crippen LogP contribution >= 0.6 is 0 Å². The zero-order valence-electron chi connectivity index (χ0n) is 15.1. The van der Waals surface area contributed by atoms with Crippen LogP contribution in [-0.2, 0) is 28.6 Å². The summed E-state index contributed by atoms with van der Waals surface area (Å²) in [5.41, 5.74) is 0. The highest BCUT2D eigenvalue weighted by atomic mass is 16.5. The van der Waals surface area contributed by atoms with Gasteiger partial charge in [-0.2, -0.15) is 0 Å². The highest BCUT2D eigenvalue weighted by Gasteiger charge is 2.18. The third-order valence-corrected chi connectivity index (χ3v) is 3.39. The Morgan fingerprint density at radius 3 is 1.92 bits per heavy atom. The van der Waals surface area contributed by atoms with Crippen molar-refractivity contribution in [2.24, 2.45) is 0 Å². The van der Waals surface area contributed by atoms with Gasteiger partial charge in [-0.25, -0.2) is 0 Å². The maximum atomic E-state index is 11.8. The second-order valence-corrected chi connectivity index (χ2v) is 5.36. The number of amides is 2. The number of carbonyl (C=O) groups excluding carboxylic acids is 3. The second-order valence-electron chi connectivity index (χ2n) is 5.36. The maximum absolute atomic E-state index is 11.8. The predicted molar refractivity (Wildman–Crippen MR) is 88.7 cm³/mol. The van der Waals surface area contributed by atoms with Gasteiger partial charge in [0.2, 0.25) is 11.8 Å². The Kier molecular flexibility index (Phi) is 13.0. The summed E-state index contributed by atoms with van der Waals surface area (Å²) in [4.78, 5) is 35.1. The van der Waals surface area contributed by atoms with Crippen molar-refractivity contribution >= 4 is 17.6 Å². The predicted octanol–water partition coefficient (Wildman–Crippen LogP) is -0.00170. The molecule has 0 saturated heterocycles. The fraction of sp³-hybridized carbons (Fsp3) is 0.812. The summed E-state index contributed by atoms with van der Waals surface area (Å²) >= 11 is 0. The Morgan fingerprint density at radius 2 is 1.42 bits per heavy atom. The number of hydrogen-bond acceptors (Lipinski definition) is 6. The molecule has 8 heteroatoms. The van der Waals surface area contributed by atoms with Crippen molar-refractivity contribution in [1.29, 1.82) is 0 Å². The second kappa shape index (κ2) is 13.9. The van der Waals surface area contributed by atoms with Gasteiger partial charge in [-0.15, -0.1) is 0 Å². The molecule has 0 radical (unpaired) electrons. The van der Waals surface area contributed by atoms with E-state index in [2.05, 4.69) is 5.32 Å². The van der Waals surface area contributed by atoms with Gasteiger partial charge >= 0.3 is 0 Å². The number of nitrogens with one attached hydrogen (secondary N) is 1. The number of nitrogens with zero attached hydrogens (tertiary/aromatic N) is 1. The van der Waals surface area contributed by atoms with Crippen LogP contribution in [0.2, 0.25) is 0 Å². The van der Waals surface area contributed by atoms with Crippen molar-refractivity contribution in [2.75, 3.05) is 53.2 Å². The van der Waals surface area contributed by atoms with E-state index in [0.717, 1.165) is 0 Å².